The number of aromatic nitrogens is 3. The number of amides is 1. The quantitative estimate of drug-likeness (QED) is 0.814. The van der Waals surface area contributed by atoms with E-state index in [4.69, 9.17) is 0 Å². The second kappa shape index (κ2) is 7.85. The fraction of sp³-hybridized carbons (Fsp3) is 0.800. The van der Waals surface area contributed by atoms with Crippen molar-refractivity contribution in [2.75, 3.05) is 7.05 Å². The molecule has 1 saturated carbocycles. The maximum atomic E-state index is 12.6. The first-order chi connectivity index (χ1) is 10.5. The Labute approximate surface area is 135 Å². The number of carbonyl (C=O) groups excluding carboxylic acids is 1. The van der Waals surface area contributed by atoms with Crippen molar-refractivity contribution in [2.45, 2.75) is 75.4 Å². The van der Waals surface area contributed by atoms with Gasteiger partial charge in [-0.3, -0.25) is 9.36 Å². The minimum Gasteiger partial charge on any atom is -0.342 e. The van der Waals surface area contributed by atoms with Crippen LogP contribution < -0.4 is 5.69 Å². The van der Waals surface area contributed by atoms with Crippen molar-refractivity contribution in [3.8, 4) is 0 Å². The van der Waals surface area contributed by atoms with Crippen LogP contribution >= 0.6 is 11.8 Å². The van der Waals surface area contributed by atoms with Crippen LogP contribution in [0.2, 0.25) is 0 Å². The van der Waals surface area contributed by atoms with Gasteiger partial charge in [-0.15, -0.1) is 5.10 Å². The fourth-order valence-electron chi connectivity index (χ4n) is 2.96. The van der Waals surface area contributed by atoms with Crippen molar-refractivity contribution in [3.05, 3.63) is 10.5 Å². The lowest BCUT2D eigenvalue weighted by Crippen LogP contribution is -2.42. The SMILES string of the molecule is CCCn1c(SC(C)C(=O)N(C)C2CCCCC2)n[nH]c1=O. The van der Waals surface area contributed by atoms with Crippen molar-refractivity contribution >= 4 is 17.7 Å². The van der Waals surface area contributed by atoms with Crippen LogP contribution in [0.1, 0.15) is 52.4 Å². The average Bonchev–Trinajstić information content (AvgIpc) is 2.88. The molecule has 22 heavy (non-hydrogen) atoms. The minimum atomic E-state index is -0.238. The first kappa shape index (κ1) is 17.1. The lowest BCUT2D eigenvalue weighted by molar-refractivity contribution is -0.131. The topological polar surface area (TPSA) is 71.0 Å². The standard InChI is InChI=1S/C15H26N4O2S/c1-4-10-19-14(21)16-17-15(19)22-11(2)13(20)18(3)12-8-6-5-7-9-12/h11-12H,4-10H2,1-3H3,(H,16,21). The van der Waals surface area contributed by atoms with E-state index in [0.29, 0.717) is 17.7 Å². The summed E-state index contributed by atoms with van der Waals surface area (Å²) in [6, 6.07) is 0.362. The number of carbonyl (C=O) groups is 1. The molecule has 7 heteroatoms. The number of aromatic amines is 1. The Morgan fingerprint density at radius 1 is 1.45 bits per heavy atom. The molecule has 1 heterocycles. The Balaban J connectivity index is 2.00. The summed E-state index contributed by atoms with van der Waals surface area (Å²) in [5.74, 6) is 0.121. The van der Waals surface area contributed by atoms with E-state index in [0.717, 1.165) is 19.3 Å². The van der Waals surface area contributed by atoms with Gasteiger partial charge in [-0.1, -0.05) is 37.9 Å². The van der Waals surface area contributed by atoms with Crippen molar-refractivity contribution < 1.29 is 4.79 Å². The van der Waals surface area contributed by atoms with Gasteiger partial charge >= 0.3 is 5.69 Å². The molecule has 124 valence electrons. The summed E-state index contributed by atoms with van der Waals surface area (Å²) in [5.41, 5.74) is -0.204. The molecule has 0 aromatic carbocycles. The predicted molar refractivity (Wildman–Crippen MR) is 88.1 cm³/mol. The molecule has 1 fully saturated rings. The summed E-state index contributed by atoms with van der Waals surface area (Å²) in [6.45, 7) is 4.53. The van der Waals surface area contributed by atoms with E-state index in [1.165, 1.54) is 31.0 Å². The van der Waals surface area contributed by atoms with Crippen LogP contribution in [-0.4, -0.2) is 43.9 Å². The maximum absolute atomic E-state index is 12.6. The first-order valence-corrected chi connectivity index (χ1v) is 9.01. The molecule has 1 aliphatic rings. The van der Waals surface area contributed by atoms with Gasteiger partial charge < -0.3 is 4.90 Å². The molecule has 1 aliphatic carbocycles. The van der Waals surface area contributed by atoms with Gasteiger partial charge in [0.05, 0.1) is 5.25 Å². The van der Waals surface area contributed by atoms with E-state index >= 15 is 0 Å². The second-order valence-corrected chi connectivity index (χ2v) is 7.27. The van der Waals surface area contributed by atoms with Crippen LogP contribution in [0.5, 0.6) is 0 Å². The van der Waals surface area contributed by atoms with E-state index in [-0.39, 0.29) is 16.8 Å². The predicted octanol–water partition coefficient (Wildman–Crippen LogP) is 2.25. The third-order valence-corrected chi connectivity index (χ3v) is 5.35. The molecule has 0 saturated heterocycles. The summed E-state index contributed by atoms with van der Waals surface area (Å²) in [5, 5.41) is 6.88. The highest BCUT2D eigenvalue weighted by Gasteiger charge is 2.27. The molecule has 1 aromatic rings. The number of nitrogens with zero attached hydrogens (tertiary/aromatic N) is 3. The number of hydrogen-bond acceptors (Lipinski definition) is 4. The number of H-pyrrole nitrogens is 1. The van der Waals surface area contributed by atoms with E-state index in [9.17, 15) is 9.59 Å². The van der Waals surface area contributed by atoms with Crippen molar-refractivity contribution in [1.82, 2.24) is 19.7 Å². The van der Waals surface area contributed by atoms with Crippen LogP contribution in [0, 0.1) is 0 Å². The zero-order chi connectivity index (χ0) is 16.1. The second-order valence-electron chi connectivity index (χ2n) is 5.96. The molecule has 2 rings (SSSR count). The molecule has 1 amide bonds. The van der Waals surface area contributed by atoms with Gasteiger partial charge in [0.1, 0.15) is 0 Å². The summed E-state index contributed by atoms with van der Waals surface area (Å²) in [6.07, 6.45) is 6.75. The molecule has 1 unspecified atom stereocenters. The van der Waals surface area contributed by atoms with Crippen LogP contribution in [0.15, 0.2) is 9.95 Å². The Bertz CT molecular complexity index is 548. The lowest BCUT2D eigenvalue weighted by Gasteiger charge is -2.32. The Morgan fingerprint density at radius 2 is 2.14 bits per heavy atom. The van der Waals surface area contributed by atoms with Crippen LogP contribution in [-0.2, 0) is 11.3 Å². The van der Waals surface area contributed by atoms with Crippen LogP contribution in [0.4, 0.5) is 0 Å². The number of rotatable bonds is 6. The Morgan fingerprint density at radius 3 is 2.77 bits per heavy atom. The molecule has 0 aliphatic heterocycles. The maximum Gasteiger partial charge on any atom is 0.343 e. The minimum absolute atomic E-state index is 0.121. The lowest BCUT2D eigenvalue weighted by atomic mass is 9.94. The monoisotopic (exact) mass is 326 g/mol. The molecule has 0 radical (unpaired) electrons. The first-order valence-electron chi connectivity index (χ1n) is 8.13. The van der Waals surface area contributed by atoms with Gasteiger partial charge in [0.15, 0.2) is 5.16 Å². The molecular weight excluding hydrogens is 300 g/mol. The summed E-state index contributed by atoms with van der Waals surface area (Å²) in [7, 11) is 1.90. The zero-order valence-corrected chi connectivity index (χ0v) is 14.5. The fourth-order valence-corrected chi connectivity index (χ4v) is 3.94. The van der Waals surface area contributed by atoms with Gasteiger partial charge in [0, 0.05) is 19.6 Å². The molecular formula is C15H26N4O2S. The summed E-state index contributed by atoms with van der Waals surface area (Å²) in [4.78, 5) is 26.2. The number of hydrogen-bond donors (Lipinski definition) is 1. The largest absolute Gasteiger partial charge is 0.343 e. The van der Waals surface area contributed by atoms with Crippen molar-refractivity contribution in [3.63, 3.8) is 0 Å². The van der Waals surface area contributed by atoms with E-state index in [1.54, 1.807) is 4.57 Å². The molecule has 0 bridgehead atoms. The average molecular weight is 326 g/mol. The molecule has 1 aromatic heterocycles. The van der Waals surface area contributed by atoms with Crippen molar-refractivity contribution in [1.29, 1.82) is 0 Å². The highest BCUT2D eigenvalue weighted by molar-refractivity contribution is 8.00. The van der Waals surface area contributed by atoms with Crippen LogP contribution in [0.25, 0.3) is 0 Å². The summed E-state index contributed by atoms with van der Waals surface area (Å²) >= 11 is 1.36. The van der Waals surface area contributed by atoms with Gasteiger partial charge in [-0.2, -0.15) is 0 Å². The summed E-state index contributed by atoms with van der Waals surface area (Å²) < 4.78 is 1.61. The van der Waals surface area contributed by atoms with E-state index in [1.807, 2.05) is 25.8 Å². The van der Waals surface area contributed by atoms with E-state index in [2.05, 4.69) is 10.2 Å². The Hall–Kier alpha value is -1.24. The third kappa shape index (κ3) is 3.94. The highest BCUT2D eigenvalue weighted by atomic mass is 32.2. The number of thioether (sulfide) groups is 1. The highest BCUT2D eigenvalue weighted by Crippen LogP contribution is 2.26. The smallest absolute Gasteiger partial charge is 0.342 e. The van der Waals surface area contributed by atoms with Crippen molar-refractivity contribution in [2.24, 2.45) is 0 Å². The molecule has 0 spiro atoms. The van der Waals surface area contributed by atoms with Gasteiger partial charge in [-0.05, 0) is 26.2 Å². The van der Waals surface area contributed by atoms with E-state index < -0.39 is 0 Å². The zero-order valence-electron chi connectivity index (χ0n) is 13.7. The Kier molecular flexibility index (Phi) is 6.11. The molecule has 1 atom stereocenters. The normalized spacial score (nSPS) is 17.4. The number of nitrogens with one attached hydrogen (secondary N) is 1. The van der Waals surface area contributed by atoms with Gasteiger partial charge in [0.25, 0.3) is 0 Å². The molecule has 1 N–H and O–H groups in total. The molecule has 6 nitrogen and oxygen atoms in total. The third-order valence-electron chi connectivity index (χ3n) is 4.27. The van der Waals surface area contributed by atoms with Gasteiger partial charge in [0.2, 0.25) is 5.91 Å². The van der Waals surface area contributed by atoms with Crippen LogP contribution in [0.3, 0.4) is 0 Å². The van der Waals surface area contributed by atoms with Gasteiger partial charge in [-0.25, -0.2) is 9.89 Å².